The number of nitrogens with one attached hydrogen (secondary N) is 1. The molecule has 1 atom stereocenters. The van der Waals surface area contributed by atoms with Crippen LogP contribution < -0.4 is 10.1 Å². The summed E-state index contributed by atoms with van der Waals surface area (Å²) >= 11 is 0. The van der Waals surface area contributed by atoms with Gasteiger partial charge in [0.2, 0.25) is 5.88 Å². The van der Waals surface area contributed by atoms with Crippen LogP contribution in [0.1, 0.15) is 19.4 Å². The van der Waals surface area contributed by atoms with Gasteiger partial charge in [0, 0.05) is 18.3 Å². The molecule has 1 N–H and O–H groups in total. The van der Waals surface area contributed by atoms with Gasteiger partial charge in [0.15, 0.2) is 0 Å². The van der Waals surface area contributed by atoms with Crippen LogP contribution in [0.3, 0.4) is 0 Å². The lowest BCUT2D eigenvalue weighted by Crippen LogP contribution is -2.31. The van der Waals surface area contributed by atoms with Crippen LogP contribution in [0.15, 0.2) is 30.5 Å². The summed E-state index contributed by atoms with van der Waals surface area (Å²) in [6.45, 7) is 9.09. The topological polar surface area (TPSA) is 34.1 Å². The largest absolute Gasteiger partial charge is 0.481 e. The third-order valence-corrected chi connectivity index (χ3v) is 2.49. The van der Waals surface area contributed by atoms with Crippen molar-refractivity contribution in [3.8, 4) is 5.88 Å². The minimum absolute atomic E-state index is 0.320. The van der Waals surface area contributed by atoms with E-state index in [4.69, 9.17) is 4.74 Å². The lowest BCUT2D eigenvalue weighted by molar-refractivity contribution is 0.397. The monoisotopic (exact) mass is 220 g/mol. The molecule has 3 nitrogen and oxygen atoms in total. The molecular formula is C13H20N2O. The van der Waals surface area contributed by atoms with Gasteiger partial charge in [0.1, 0.15) is 0 Å². The predicted octanol–water partition coefficient (Wildman–Crippen LogP) is 2.19. The maximum atomic E-state index is 5.02. The Morgan fingerprint density at radius 3 is 2.75 bits per heavy atom. The summed E-state index contributed by atoms with van der Waals surface area (Å²) in [6, 6.07) is 4.25. The lowest BCUT2D eigenvalue weighted by atomic mass is 10.0. The fourth-order valence-electron chi connectivity index (χ4n) is 1.56. The number of hydrogen-bond acceptors (Lipinski definition) is 3. The molecule has 1 aromatic heterocycles. The number of ether oxygens (including phenoxy) is 1. The Labute approximate surface area is 97.5 Å². The van der Waals surface area contributed by atoms with E-state index in [2.05, 4.69) is 23.8 Å². The molecular weight excluding hydrogens is 200 g/mol. The van der Waals surface area contributed by atoms with Crippen molar-refractivity contribution in [3.63, 3.8) is 0 Å². The molecule has 88 valence electrons. The molecule has 0 aromatic carbocycles. The second-order valence-corrected chi connectivity index (χ2v) is 3.87. The van der Waals surface area contributed by atoms with Gasteiger partial charge in [-0.3, -0.25) is 0 Å². The van der Waals surface area contributed by atoms with Crippen molar-refractivity contribution < 1.29 is 4.74 Å². The first-order valence-electron chi connectivity index (χ1n) is 5.55. The Bertz CT molecular complexity index is 332. The van der Waals surface area contributed by atoms with Gasteiger partial charge in [-0.15, -0.1) is 0 Å². The average molecular weight is 220 g/mol. The van der Waals surface area contributed by atoms with Crippen LogP contribution in [0.2, 0.25) is 0 Å². The zero-order valence-electron chi connectivity index (χ0n) is 10.3. The Kier molecular flexibility index (Phi) is 4.99. The number of hydrogen-bond donors (Lipinski definition) is 1. The molecule has 1 aromatic rings. The molecule has 0 aliphatic heterocycles. The summed E-state index contributed by atoms with van der Waals surface area (Å²) in [6.07, 6.45) is 2.77. The Hall–Kier alpha value is -1.35. The molecule has 1 rings (SSSR count). The standard InChI is InChI=1S/C13H20N2O/c1-5-14-12(10(2)3)8-11-6-7-13(16-4)15-9-11/h6-7,9,12,14H,2,5,8H2,1,3-4H3. The van der Waals surface area contributed by atoms with Crippen molar-refractivity contribution >= 4 is 0 Å². The minimum Gasteiger partial charge on any atom is -0.481 e. The average Bonchev–Trinajstić information content (AvgIpc) is 2.29. The number of likely N-dealkylation sites (N-methyl/N-ethyl adjacent to an activating group) is 1. The summed E-state index contributed by atoms with van der Waals surface area (Å²) in [5, 5.41) is 3.40. The highest BCUT2D eigenvalue weighted by Gasteiger charge is 2.08. The van der Waals surface area contributed by atoms with E-state index in [0.29, 0.717) is 11.9 Å². The van der Waals surface area contributed by atoms with Crippen LogP contribution >= 0.6 is 0 Å². The molecule has 0 radical (unpaired) electrons. The van der Waals surface area contributed by atoms with Gasteiger partial charge in [0.05, 0.1) is 7.11 Å². The van der Waals surface area contributed by atoms with Crippen molar-refractivity contribution in [2.45, 2.75) is 26.3 Å². The van der Waals surface area contributed by atoms with Crippen molar-refractivity contribution in [1.29, 1.82) is 0 Å². The van der Waals surface area contributed by atoms with Crippen molar-refractivity contribution in [1.82, 2.24) is 10.3 Å². The maximum Gasteiger partial charge on any atom is 0.212 e. The molecule has 0 fully saturated rings. The summed E-state index contributed by atoms with van der Waals surface area (Å²) < 4.78 is 5.02. The van der Waals surface area contributed by atoms with Gasteiger partial charge in [-0.05, 0) is 25.5 Å². The van der Waals surface area contributed by atoms with Crippen LogP contribution in [0.5, 0.6) is 5.88 Å². The minimum atomic E-state index is 0.320. The first-order valence-corrected chi connectivity index (χ1v) is 5.55. The second kappa shape index (κ2) is 6.28. The highest BCUT2D eigenvalue weighted by molar-refractivity contribution is 5.20. The van der Waals surface area contributed by atoms with Gasteiger partial charge in [-0.2, -0.15) is 0 Å². The van der Waals surface area contributed by atoms with Crippen LogP contribution in [0, 0.1) is 0 Å². The molecule has 0 aliphatic rings. The van der Waals surface area contributed by atoms with E-state index in [-0.39, 0.29) is 0 Å². The van der Waals surface area contributed by atoms with E-state index in [9.17, 15) is 0 Å². The first kappa shape index (κ1) is 12.7. The van der Waals surface area contributed by atoms with Crippen LogP contribution in [0.25, 0.3) is 0 Å². The van der Waals surface area contributed by atoms with Crippen LogP contribution in [-0.2, 0) is 6.42 Å². The van der Waals surface area contributed by atoms with Gasteiger partial charge in [-0.25, -0.2) is 4.98 Å². The van der Waals surface area contributed by atoms with E-state index < -0.39 is 0 Å². The normalized spacial score (nSPS) is 12.2. The highest BCUT2D eigenvalue weighted by atomic mass is 16.5. The molecule has 0 amide bonds. The molecule has 0 bridgehead atoms. The quantitative estimate of drug-likeness (QED) is 0.746. The van der Waals surface area contributed by atoms with E-state index in [1.165, 1.54) is 5.56 Å². The fourth-order valence-corrected chi connectivity index (χ4v) is 1.56. The molecule has 0 aliphatic carbocycles. The summed E-state index contributed by atoms with van der Waals surface area (Å²) in [4.78, 5) is 4.19. The molecule has 3 heteroatoms. The molecule has 0 saturated heterocycles. The molecule has 1 heterocycles. The number of methoxy groups -OCH3 is 1. The van der Waals surface area contributed by atoms with Gasteiger partial charge in [0.25, 0.3) is 0 Å². The Balaban J connectivity index is 2.65. The lowest BCUT2D eigenvalue weighted by Gasteiger charge is -2.17. The summed E-state index contributed by atoms with van der Waals surface area (Å²) in [7, 11) is 1.62. The van der Waals surface area contributed by atoms with Crippen molar-refractivity contribution in [2.75, 3.05) is 13.7 Å². The maximum absolute atomic E-state index is 5.02. The van der Waals surface area contributed by atoms with E-state index >= 15 is 0 Å². The smallest absolute Gasteiger partial charge is 0.212 e. The molecule has 16 heavy (non-hydrogen) atoms. The SMILES string of the molecule is C=C(C)C(Cc1ccc(OC)nc1)NCC. The van der Waals surface area contributed by atoms with Gasteiger partial charge >= 0.3 is 0 Å². The van der Waals surface area contributed by atoms with E-state index in [1.54, 1.807) is 7.11 Å². The third-order valence-electron chi connectivity index (χ3n) is 2.49. The fraction of sp³-hybridized carbons (Fsp3) is 0.462. The van der Waals surface area contributed by atoms with Gasteiger partial charge in [-0.1, -0.05) is 25.1 Å². The van der Waals surface area contributed by atoms with E-state index in [0.717, 1.165) is 18.5 Å². The molecule has 0 spiro atoms. The first-order chi connectivity index (χ1) is 7.67. The van der Waals surface area contributed by atoms with Crippen LogP contribution in [-0.4, -0.2) is 24.7 Å². The zero-order valence-corrected chi connectivity index (χ0v) is 10.3. The van der Waals surface area contributed by atoms with Crippen LogP contribution in [0.4, 0.5) is 0 Å². The third kappa shape index (κ3) is 3.66. The summed E-state index contributed by atoms with van der Waals surface area (Å²) in [5.41, 5.74) is 2.34. The van der Waals surface area contributed by atoms with Gasteiger partial charge < -0.3 is 10.1 Å². The van der Waals surface area contributed by atoms with Crippen molar-refractivity contribution in [3.05, 3.63) is 36.0 Å². The number of nitrogens with zero attached hydrogens (tertiary/aromatic N) is 1. The number of pyridine rings is 1. The highest BCUT2D eigenvalue weighted by Crippen LogP contribution is 2.11. The Morgan fingerprint density at radius 1 is 1.56 bits per heavy atom. The zero-order chi connectivity index (χ0) is 12.0. The summed E-state index contributed by atoms with van der Waals surface area (Å²) in [5.74, 6) is 0.652. The molecule has 1 unspecified atom stereocenters. The predicted molar refractivity (Wildman–Crippen MR) is 66.8 cm³/mol. The van der Waals surface area contributed by atoms with Crippen molar-refractivity contribution in [2.24, 2.45) is 0 Å². The van der Waals surface area contributed by atoms with E-state index in [1.807, 2.05) is 25.3 Å². The Morgan fingerprint density at radius 2 is 2.31 bits per heavy atom. The number of aromatic nitrogens is 1. The molecule has 0 saturated carbocycles. The number of rotatable bonds is 6. The second-order valence-electron chi connectivity index (χ2n) is 3.87.